The van der Waals surface area contributed by atoms with Crippen molar-refractivity contribution >= 4 is 5.91 Å². The number of carbonyl (C=O) groups excluding carboxylic acids is 1. The van der Waals surface area contributed by atoms with E-state index in [2.05, 4.69) is 19.2 Å². The van der Waals surface area contributed by atoms with Crippen LogP contribution in [0, 0.1) is 6.92 Å². The van der Waals surface area contributed by atoms with Crippen LogP contribution in [0.1, 0.15) is 30.0 Å². The minimum absolute atomic E-state index is 0.0760. The van der Waals surface area contributed by atoms with Gasteiger partial charge in [0.05, 0.1) is 11.8 Å². The fourth-order valence-corrected chi connectivity index (χ4v) is 2.10. The Balaban J connectivity index is 2.18. The molecule has 2 rings (SSSR count). The average Bonchev–Trinajstić information content (AvgIpc) is 2.68. The molecule has 2 heterocycles. The zero-order valence-corrected chi connectivity index (χ0v) is 9.99. The van der Waals surface area contributed by atoms with E-state index in [1.165, 1.54) is 0 Å². The van der Waals surface area contributed by atoms with E-state index in [1.807, 2.05) is 11.8 Å². The number of aryl methyl sites for hydroxylation is 1. The zero-order chi connectivity index (χ0) is 11.7. The molecular formula is C12H18N2O2. The second-order valence-corrected chi connectivity index (χ2v) is 4.37. The van der Waals surface area contributed by atoms with Crippen LogP contribution in [0.4, 0.5) is 0 Å². The maximum atomic E-state index is 12.3. The van der Waals surface area contributed by atoms with Crippen LogP contribution in [0.25, 0.3) is 0 Å². The molecule has 2 atom stereocenters. The lowest BCUT2D eigenvalue weighted by Crippen LogP contribution is -2.57. The Labute approximate surface area is 95.6 Å². The van der Waals surface area contributed by atoms with E-state index in [4.69, 9.17) is 4.42 Å². The summed E-state index contributed by atoms with van der Waals surface area (Å²) in [4.78, 5) is 14.2. The maximum Gasteiger partial charge on any atom is 0.257 e. The molecule has 0 aliphatic carbocycles. The number of rotatable bonds is 1. The van der Waals surface area contributed by atoms with Crippen molar-refractivity contribution in [1.82, 2.24) is 10.2 Å². The molecule has 0 saturated carbocycles. The Morgan fingerprint density at radius 1 is 1.56 bits per heavy atom. The van der Waals surface area contributed by atoms with Gasteiger partial charge in [0, 0.05) is 25.2 Å². The molecule has 0 spiro atoms. The first-order valence-electron chi connectivity index (χ1n) is 5.69. The van der Waals surface area contributed by atoms with Gasteiger partial charge in [-0.15, -0.1) is 0 Å². The van der Waals surface area contributed by atoms with E-state index >= 15 is 0 Å². The molecule has 1 N–H and O–H groups in total. The van der Waals surface area contributed by atoms with Crippen molar-refractivity contribution < 1.29 is 9.21 Å². The van der Waals surface area contributed by atoms with Crippen molar-refractivity contribution in [3.8, 4) is 0 Å². The lowest BCUT2D eigenvalue weighted by molar-refractivity contribution is 0.0601. The predicted octanol–water partition coefficient (Wildman–Crippen LogP) is 1.41. The summed E-state index contributed by atoms with van der Waals surface area (Å²) in [6.45, 7) is 7.61. The molecule has 1 amide bonds. The van der Waals surface area contributed by atoms with Crippen LogP contribution >= 0.6 is 0 Å². The van der Waals surface area contributed by atoms with Crippen LogP contribution in [0.5, 0.6) is 0 Å². The number of amides is 1. The Bertz CT molecular complexity index is 386. The van der Waals surface area contributed by atoms with Crippen LogP contribution in [0.3, 0.4) is 0 Å². The minimum Gasteiger partial charge on any atom is -0.469 e. The fraction of sp³-hybridized carbons (Fsp3) is 0.583. The number of nitrogens with one attached hydrogen (secondary N) is 1. The summed E-state index contributed by atoms with van der Waals surface area (Å²) in [6.07, 6.45) is 1.57. The highest BCUT2D eigenvalue weighted by Gasteiger charge is 2.29. The molecule has 0 radical (unpaired) electrons. The molecule has 1 aliphatic rings. The summed E-state index contributed by atoms with van der Waals surface area (Å²) < 4.78 is 5.18. The van der Waals surface area contributed by atoms with Gasteiger partial charge >= 0.3 is 0 Å². The van der Waals surface area contributed by atoms with E-state index < -0.39 is 0 Å². The molecule has 0 aromatic carbocycles. The quantitative estimate of drug-likeness (QED) is 0.781. The first-order chi connectivity index (χ1) is 7.61. The maximum absolute atomic E-state index is 12.3. The fourth-order valence-electron chi connectivity index (χ4n) is 2.10. The van der Waals surface area contributed by atoms with Crippen molar-refractivity contribution in [2.45, 2.75) is 32.9 Å². The van der Waals surface area contributed by atoms with Crippen molar-refractivity contribution in [3.63, 3.8) is 0 Å². The summed E-state index contributed by atoms with van der Waals surface area (Å²) >= 11 is 0. The molecule has 16 heavy (non-hydrogen) atoms. The molecule has 1 aliphatic heterocycles. The summed E-state index contributed by atoms with van der Waals surface area (Å²) in [6, 6.07) is 2.30. The average molecular weight is 222 g/mol. The van der Waals surface area contributed by atoms with Crippen LogP contribution in [-0.4, -0.2) is 36.0 Å². The van der Waals surface area contributed by atoms with E-state index in [9.17, 15) is 4.79 Å². The first kappa shape index (κ1) is 11.2. The predicted molar refractivity (Wildman–Crippen MR) is 61.4 cm³/mol. The normalized spacial score (nSPS) is 25.8. The first-order valence-corrected chi connectivity index (χ1v) is 5.69. The largest absolute Gasteiger partial charge is 0.469 e. The molecule has 1 aromatic rings. The molecule has 2 unspecified atom stereocenters. The van der Waals surface area contributed by atoms with Crippen molar-refractivity contribution in [3.05, 3.63) is 23.7 Å². The Morgan fingerprint density at radius 2 is 2.31 bits per heavy atom. The van der Waals surface area contributed by atoms with Crippen LogP contribution < -0.4 is 5.32 Å². The van der Waals surface area contributed by atoms with Gasteiger partial charge in [-0.3, -0.25) is 4.79 Å². The van der Waals surface area contributed by atoms with Crippen LogP contribution in [-0.2, 0) is 0 Å². The van der Waals surface area contributed by atoms with E-state index in [-0.39, 0.29) is 11.9 Å². The van der Waals surface area contributed by atoms with Gasteiger partial charge in [0.15, 0.2) is 0 Å². The van der Waals surface area contributed by atoms with Crippen molar-refractivity contribution in [1.29, 1.82) is 0 Å². The molecule has 4 nitrogen and oxygen atoms in total. The van der Waals surface area contributed by atoms with E-state index in [1.54, 1.807) is 12.3 Å². The minimum atomic E-state index is 0.0760. The van der Waals surface area contributed by atoms with Crippen molar-refractivity contribution in [2.24, 2.45) is 0 Å². The molecule has 1 saturated heterocycles. The molecule has 88 valence electrons. The zero-order valence-electron chi connectivity index (χ0n) is 9.99. The van der Waals surface area contributed by atoms with Crippen molar-refractivity contribution in [2.75, 3.05) is 13.1 Å². The molecule has 0 bridgehead atoms. The summed E-state index contributed by atoms with van der Waals surface area (Å²) in [5, 5.41) is 3.36. The highest BCUT2D eigenvalue weighted by Crippen LogP contribution is 2.16. The molecule has 4 heteroatoms. The monoisotopic (exact) mass is 222 g/mol. The number of furan rings is 1. The third kappa shape index (κ3) is 1.85. The molecule has 1 fully saturated rings. The lowest BCUT2D eigenvalue weighted by atomic mass is 10.1. The summed E-state index contributed by atoms with van der Waals surface area (Å²) in [5.74, 6) is 0.774. The number of hydrogen-bond acceptors (Lipinski definition) is 3. The Hall–Kier alpha value is -1.29. The van der Waals surface area contributed by atoms with Gasteiger partial charge in [-0.1, -0.05) is 0 Å². The van der Waals surface area contributed by atoms with Crippen LogP contribution in [0.2, 0.25) is 0 Å². The molecular weight excluding hydrogens is 204 g/mol. The van der Waals surface area contributed by atoms with Gasteiger partial charge < -0.3 is 14.6 Å². The van der Waals surface area contributed by atoms with Gasteiger partial charge in [0.1, 0.15) is 5.76 Å². The van der Waals surface area contributed by atoms with E-state index in [0.717, 1.165) is 13.1 Å². The smallest absolute Gasteiger partial charge is 0.257 e. The highest BCUT2D eigenvalue weighted by molar-refractivity contribution is 5.95. The second-order valence-electron chi connectivity index (χ2n) is 4.37. The Morgan fingerprint density at radius 3 is 2.94 bits per heavy atom. The van der Waals surface area contributed by atoms with Gasteiger partial charge in [0.25, 0.3) is 5.91 Å². The number of nitrogens with zero attached hydrogens (tertiary/aromatic N) is 1. The topological polar surface area (TPSA) is 45.5 Å². The number of piperazine rings is 1. The van der Waals surface area contributed by atoms with Crippen LogP contribution in [0.15, 0.2) is 16.7 Å². The van der Waals surface area contributed by atoms with Gasteiger partial charge in [-0.25, -0.2) is 0 Å². The molecule has 1 aromatic heterocycles. The van der Waals surface area contributed by atoms with Gasteiger partial charge in [0.2, 0.25) is 0 Å². The van der Waals surface area contributed by atoms with Gasteiger partial charge in [-0.05, 0) is 26.8 Å². The number of hydrogen-bond donors (Lipinski definition) is 1. The lowest BCUT2D eigenvalue weighted by Gasteiger charge is -2.38. The number of carbonyl (C=O) groups is 1. The standard InChI is InChI=1S/C12H18N2O2/c1-8-9(2)14(6-5-13-8)12(15)11-4-7-16-10(11)3/h4,7-9,13H,5-6H2,1-3H3. The Kier molecular flexibility index (Phi) is 3.01. The third-order valence-corrected chi connectivity index (χ3v) is 3.38. The van der Waals surface area contributed by atoms with E-state index in [0.29, 0.717) is 17.4 Å². The summed E-state index contributed by atoms with van der Waals surface area (Å²) in [7, 11) is 0. The second kappa shape index (κ2) is 4.29. The highest BCUT2D eigenvalue weighted by atomic mass is 16.3. The van der Waals surface area contributed by atoms with Gasteiger partial charge in [-0.2, -0.15) is 0 Å². The SMILES string of the molecule is Cc1occc1C(=O)N1CCNC(C)C1C. The third-order valence-electron chi connectivity index (χ3n) is 3.38. The summed E-state index contributed by atoms with van der Waals surface area (Å²) in [5.41, 5.74) is 0.681.